The minimum Gasteiger partial charge on any atom is -0.338 e. The molecule has 0 atom stereocenters. The highest BCUT2D eigenvalue weighted by molar-refractivity contribution is 6.30. The van der Waals surface area contributed by atoms with E-state index in [-0.39, 0.29) is 0 Å². The number of aryl methyl sites for hydroxylation is 2. The van der Waals surface area contributed by atoms with Crippen molar-refractivity contribution in [1.29, 1.82) is 0 Å². The molecule has 2 rings (SSSR count). The summed E-state index contributed by atoms with van der Waals surface area (Å²) in [6.07, 6.45) is 1.63. The van der Waals surface area contributed by atoms with Gasteiger partial charge < -0.3 is 9.68 Å². The van der Waals surface area contributed by atoms with Crippen molar-refractivity contribution in [1.82, 2.24) is 5.59 Å². The van der Waals surface area contributed by atoms with Crippen LogP contribution in [0.4, 0.5) is 5.69 Å². The Labute approximate surface area is 104 Å². The molecule has 1 fully saturated rings. The molecule has 6 nitrogen and oxygen atoms in total. The molecule has 1 heterocycles. The zero-order chi connectivity index (χ0) is 13.1. The molecule has 0 radical (unpaired) electrons. The summed E-state index contributed by atoms with van der Waals surface area (Å²) in [6, 6.07) is 5.86. The van der Waals surface area contributed by atoms with Crippen LogP contribution in [0.5, 0.6) is 0 Å². The van der Waals surface area contributed by atoms with Gasteiger partial charge >= 0.3 is 11.9 Å². The van der Waals surface area contributed by atoms with Gasteiger partial charge in [0.15, 0.2) is 0 Å². The third kappa shape index (κ3) is 2.28. The lowest BCUT2D eigenvalue weighted by molar-refractivity contribution is -0.192. The molecule has 0 unspecified atom stereocenters. The third-order valence-electron chi connectivity index (χ3n) is 2.72. The third-order valence-corrected chi connectivity index (χ3v) is 2.72. The summed E-state index contributed by atoms with van der Waals surface area (Å²) in [7, 11) is 0. The Kier molecular flexibility index (Phi) is 3.47. The molecule has 1 N–H and O–H groups in total. The van der Waals surface area contributed by atoms with Crippen LogP contribution in [0, 0.1) is 0 Å². The monoisotopic (exact) mass is 250 g/mol. The number of anilines is 1. The molecule has 96 valence electrons. The predicted octanol–water partition coefficient (Wildman–Crippen LogP) is 1.05. The van der Waals surface area contributed by atoms with E-state index >= 15 is 0 Å². The standard InChI is InChI=1S/C12H14N2O4/c1-3-8-5-6-9(4-2)10(7-8)14-13-17-11(15)12(16)18-14/h5-7,13H,3-4H2,1-2H3. The highest BCUT2D eigenvalue weighted by atomic mass is 16.9. The molecule has 0 saturated carbocycles. The van der Waals surface area contributed by atoms with E-state index in [2.05, 4.69) is 10.4 Å². The minimum atomic E-state index is -1.06. The van der Waals surface area contributed by atoms with Crippen LogP contribution in [-0.2, 0) is 32.1 Å². The highest BCUT2D eigenvalue weighted by Gasteiger charge is 2.30. The molecule has 6 heteroatoms. The molecular formula is C12H14N2O4. The quantitative estimate of drug-likeness (QED) is 0.809. The summed E-state index contributed by atoms with van der Waals surface area (Å²) in [6.45, 7) is 4.02. The molecule has 1 aliphatic heterocycles. The van der Waals surface area contributed by atoms with E-state index in [1.807, 2.05) is 32.0 Å². The second-order valence-electron chi connectivity index (χ2n) is 3.82. The van der Waals surface area contributed by atoms with Gasteiger partial charge in [-0.25, -0.2) is 9.59 Å². The summed E-state index contributed by atoms with van der Waals surface area (Å²) in [5.41, 5.74) is 5.02. The first kappa shape index (κ1) is 12.4. The van der Waals surface area contributed by atoms with Gasteiger partial charge in [0.1, 0.15) is 5.69 Å². The van der Waals surface area contributed by atoms with E-state index < -0.39 is 11.9 Å². The van der Waals surface area contributed by atoms with Gasteiger partial charge in [0.05, 0.1) is 0 Å². The fourth-order valence-corrected chi connectivity index (χ4v) is 1.68. The fraction of sp³-hybridized carbons (Fsp3) is 0.333. The molecule has 1 aliphatic rings. The number of hydrogen-bond acceptors (Lipinski definition) is 6. The number of carbonyl (C=O) groups excluding carboxylic acids is 2. The number of carbonyl (C=O) groups is 2. The zero-order valence-corrected chi connectivity index (χ0v) is 10.2. The van der Waals surface area contributed by atoms with E-state index in [1.165, 1.54) is 0 Å². The SMILES string of the molecule is CCc1ccc(CC)c(N2NOC(=O)C(=O)O2)c1. The van der Waals surface area contributed by atoms with Gasteiger partial charge in [-0.3, -0.25) is 0 Å². The number of nitrogens with zero attached hydrogens (tertiary/aromatic N) is 1. The number of hydrogen-bond donors (Lipinski definition) is 1. The Morgan fingerprint density at radius 3 is 2.56 bits per heavy atom. The lowest BCUT2D eigenvalue weighted by atomic mass is 10.1. The average molecular weight is 250 g/mol. The van der Waals surface area contributed by atoms with Crippen molar-refractivity contribution in [2.24, 2.45) is 0 Å². The summed E-state index contributed by atoms with van der Waals surface area (Å²) in [5.74, 6) is -2.10. The van der Waals surface area contributed by atoms with Crippen molar-refractivity contribution < 1.29 is 19.3 Å². The molecule has 1 aromatic rings. The van der Waals surface area contributed by atoms with E-state index in [0.717, 1.165) is 29.1 Å². The largest absolute Gasteiger partial charge is 0.444 e. The van der Waals surface area contributed by atoms with Gasteiger partial charge in [-0.05, 0) is 35.6 Å². The highest BCUT2D eigenvalue weighted by Crippen LogP contribution is 2.23. The van der Waals surface area contributed by atoms with Gasteiger partial charge in [-0.2, -0.15) is 0 Å². The van der Waals surface area contributed by atoms with Crippen molar-refractivity contribution in [2.45, 2.75) is 26.7 Å². The molecular weight excluding hydrogens is 236 g/mol. The Bertz CT molecular complexity index is 487. The van der Waals surface area contributed by atoms with Crippen LogP contribution in [0.2, 0.25) is 0 Å². The summed E-state index contributed by atoms with van der Waals surface area (Å²) >= 11 is 0. The Morgan fingerprint density at radius 2 is 1.94 bits per heavy atom. The molecule has 18 heavy (non-hydrogen) atoms. The average Bonchev–Trinajstić information content (AvgIpc) is 2.41. The van der Waals surface area contributed by atoms with E-state index in [0.29, 0.717) is 5.69 Å². The molecule has 1 aromatic carbocycles. The van der Waals surface area contributed by atoms with Crippen LogP contribution in [0.1, 0.15) is 25.0 Å². The van der Waals surface area contributed by atoms with Gasteiger partial charge in [-0.1, -0.05) is 26.0 Å². The van der Waals surface area contributed by atoms with Crippen molar-refractivity contribution in [3.8, 4) is 0 Å². The van der Waals surface area contributed by atoms with Crippen LogP contribution >= 0.6 is 0 Å². The molecule has 0 spiro atoms. The number of rotatable bonds is 3. The van der Waals surface area contributed by atoms with E-state index in [1.54, 1.807) is 0 Å². The van der Waals surface area contributed by atoms with Gasteiger partial charge in [0, 0.05) is 0 Å². The van der Waals surface area contributed by atoms with Crippen LogP contribution < -0.4 is 10.8 Å². The minimum absolute atomic E-state index is 0.665. The Hall–Kier alpha value is -2.08. The molecule has 0 aromatic heterocycles. The number of nitrogens with one attached hydrogen (secondary N) is 1. The first-order chi connectivity index (χ1) is 8.65. The zero-order valence-electron chi connectivity index (χ0n) is 10.2. The predicted molar refractivity (Wildman–Crippen MR) is 63.0 cm³/mol. The van der Waals surface area contributed by atoms with Gasteiger partial charge in [-0.15, -0.1) is 5.17 Å². The lowest BCUT2D eigenvalue weighted by Gasteiger charge is -2.27. The summed E-state index contributed by atoms with van der Waals surface area (Å²) in [4.78, 5) is 31.3. The smallest absolute Gasteiger partial charge is 0.338 e. The molecule has 0 amide bonds. The maximum Gasteiger partial charge on any atom is 0.444 e. The molecule has 0 bridgehead atoms. The van der Waals surface area contributed by atoms with Gasteiger partial charge in [0.25, 0.3) is 0 Å². The van der Waals surface area contributed by atoms with E-state index in [9.17, 15) is 9.59 Å². The second-order valence-corrected chi connectivity index (χ2v) is 3.82. The number of hydrazine groups is 1. The topological polar surface area (TPSA) is 67.9 Å². The van der Waals surface area contributed by atoms with Crippen molar-refractivity contribution in [3.63, 3.8) is 0 Å². The van der Waals surface area contributed by atoms with Crippen LogP contribution in [0.15, 0.2) is 18.2 Å². The first-order valence-electron chi connectivity index (χ1n) is 5.76. The normalized spacial score (nSPS) is 15.3. The van der Waals surface area contributed by atoms with Crippen molar-refractivity contribution in [2.75, 3.05) is 5.17 Å². The summed E-state index contributed by atoms with van der Waals surface area (Å²) in [5, 5.41) is 1.07. The van der Waals surface area contributed by atoms with Gasteiger partial charge in [0.2, 0.25) is 0 Å². The van der Waals surface area contributed by atoms with Crippen LogP contribution in [0.3, 0.4) is 0 Å². The second kappa shape index (κ2) is 5.05. The number of benzene rings is 1. The van der Waals surface area contributed by atoms with E-state index in [4.69, 9.17) is 4.84 Å². The first-order valence-corrected chi connectivity index (χ1v) is 5.76. The van der Waals surface area contributed by atoms with Crippen LogP contribution in [-0.4, -0.2) is 11.9 Å². The molecule has 1 saturated heterocycles. The van der Waals surface area contributed by atoms with Crippen molar-refractivity contribution >= 4 is 17.6 Å². The Morgan fingerprint density at radius 1 is 1.17 bits per heavy atom. The Balaban J connectivity index is 2.31. The maximum atomic E-state index is 11.2. The maximum absolute atomic E-state index is 11.2. The molecule has 0 aliphatic carbocycles. The van der Waals surface area contributed by atoms with Crippen LogP contribution in [0.25, 0.3) is 0 Å². The fourth-order valence-electron chi connectivity index (χ4n) is 1.68. The summed E-state index contributed by atoms with van der Waals surface area (Å²) < 4.78 is 0. The lowest BCUT2D eigenvalue weighted by Crippen LogP contribution is -2.50. The van der Waals surface area contributed by atoms with Crippen molar-refractivity contribution in [3.05, 3.63) is 29.3 Å².